The molecule has 0 aromatic carbocycles. The highest BCUT2D eigenvalue weighted by Crippen LogP contribution is 2.14. The van der Waals surface area contributed by atoms with Crippen molar-refractivity contribution < 1.29 is 28.6 Å². The Labute approximate surface area is 327 Å². The zero-order valence-corrected chi connectivity index (χ0v) is 34.8. The van der Waals surface area contributed by atoms with Crippen molar-refractivity contribution in [2.24, 2.45) is 0 Å². The van der Waals surface area contributed by atoms with Crippen LogP contribution in [0.2, 0.25) is 0 Å². The van der Waals surface area contributed by atoms with Crippen LogP contribution in [0, 0.1) is 0 Å². The van der Waals surface area contributed by atoms with Crippen LogP contribution in [-0.2, 0) is 28.6 Å². The number of carbonyl (C=O) groups is 3. The average molecular weight is 743 g/mol. The number of allylic oxidation sites excluding steroid dienone is 8. The van der Waals surface area contributed by atoms with Crippen LogP contribution in [0.5, 0.6) is 0 Å². The summed E-state index contributed by atoms with van der Waals surface area (Å²) in [5.74, 6) is -0.902. The van der Waals surface area contributed by atoms with Crippen LogP contribution in [-0.4, -0.2) is 37.2 Å². The Morgan fingerprint density at radius 3 is 1.15 bits per heavy atom. The number of esters is 3. The molecule has 0 aliphatic carbocycles. The molecule has 0 spiro atoms. The monoisotopic (exact) mass is 743 g/mol. The third-order valence-electron chi connectivity index (χ3n) is 9.35. The third kappa shape index (κ3) is 40.4. The van der Waals surface area contributed by atoms with Crippen LogP contribution in [0.3, 0.4) is 0 Å². The first-order valence-corrected chi connectivity index (χ1v) is 22.1. The first kappa shape index (κ1) is 50.4. The Morgan fingerprint density at radius 1 is 0.396 bits per heavy atom. The van der Waals surface area contributed by atoms with E-state index in [1.165, 1.54) is 83.5 Å². The Hall–Kier alpha value is -2.63. The Balaban J connectivity index is 4.26. The van der Waals surface area contributed by atoms with Crippen molar-refractivity contribution in [3.63, 3.8) is 0 Å². The van der Waals surface area contributed by atoms with Gasteiger partial charge in [-0.15, -0.1) is 0 Å². The Bertz CT molecular complexity index is 949. The SMILES string of the molecule is CC/C=C\C/C=C\C/C=C\C/C=C\CCCCCCCCC(=O)OCC(COC(=O)CCCCCCCCC)OC(=O)CCCCCCCCCCC. The number of hydrogen-bond acceptors (Lipinski definition) is 6. The van der Waals surface area contributed by atoms with Gasteiger partial charge >= 0.3 is 17.9 Å². The minimum Gasteiger partial charge on any atom is -0.462 e. The van der Waals surface area contributed by atoms with Crippen LogP contribution in [0.1, 0.15) is 213 Å². The first-order chi connectivity index (χ1) is 26.0. The smallest absolute Gasteiger partial charge is 0.306 e. The fraction of sp³-hybridized carbons (Fsp3) is 0.766. The van der Waals surface area contributed by atoms with Crippen LogP contribution in [0.15, 0.2) is 48.6 Å². The molecule has 53 heavy (non-hydrogen) atoms. The van der Waals surface area contributed by atoms with Crippen molar-refractivity contribution in [2.75, 3.05) is 13.2 Å². The van der Waals surface area contributed by atoms with Gasteiger partial charge in [0, 0.05) is 19.3 Å². The normalized spacial score (nSPS) is 12.4. The lowest BCUT2D eigenvalue weighted by Crippen LogP contribution is -2.30. The van der Waals surface area contributed by atoms with Crippen molar-refractivity contribution in [2.45, 2.75) is 219 Å². The zero-order valence-electron chi connectivity index (χ0n) is 34.8. The molecule has 1 unspecified atom stereocenters. The Kier molecular flexibility index (Phi) is 40.0. The van der Waals surface area contributed by atoms with Gasteiger partial charge in [-0.25, -0.2) is 0 Å². The second-order valence-corrected chi connectivity index (χ2v) is 14.6. The highest BCUT2D eigenvalue weighted by molar-refractivity contribution is 5.71. The van der Waals surface area contributed by atoms with E-state index in [0.717, 1.165) is 89.9 Å². The van der Waals surface area contributed by atoms with Gasteiger partial charge < -0.3 is 14.2 Å². The lowest BCUT2D eigenvalue weighted by Gasteiger charge is -2.18. The van der Waals surface area contributed by atoms with E-state index in [0.29, 0.717) is 19.3 Å². The number of rotatable bonds is 39. The summed E-state index contributed by atoms with van der Waals surface area (Å²) in [7, 11) is 0. The maximum absolute atomic E-state index is 12.6. The fourth-order valence-corrected chi connectivity index (χ4v) is 6.02. The van der Waals surface area contributed by atoms with E-state index >= 15 is 0 Å². The molecule has 0 saturated heterocycles. The van der Waals surface area contributed by atoms with E-state index in [9.17, 15) is 14.4 Å². The molecule has 306 valence electrons. The molecular weight excluding hydrogens is 661 g/mol. The van der Waals surface area contributed by atoms with Crippen molar-refractivity contribution in [3.8, 4) is 0 Å². The molecule has 0 aromatic heterocycles. The van der Waals surface area contributed by atoms with Gasteiger partial charge in [0.1, 0.15) is 13.2 Å². The molecule has 0 heterocycles. The van der Waals surface area contributed by atoms with Gasteiger partial charge in [-0.2, -0.15) is 0 Å². The average Bonchev–Trinajstić information content (AvgIpc) is 3.15. The van der Waals surface area contributed by atoms with Crippen molar-refractivity contribution in [1.82, 2.24) is 0 Å². The molecule has 0 aliphatic heterocycles. The Morgan fingerprint density at radius 2 is 0.736 bits per heavy atom. The summed E-state index contributed by atoms with van der Waals surface area (Å²) in [5, 5.41) is 0. The lowest BCUT2D eigenvalue weighted by atomic mass is 10.1. The number of unbranched alkanes of at least 4 members (excludes halogenated alkanes) is 20. The van der Waals surface area contributed by atoms with E-state index in [-0.39, 0.29) is 31.1 Å². The maximum atomic E-state index is 12.6. The quantitative estimate of drug-likeness (QED) is 0.0270. The summed E-state index contributed by atoms with van der Waals surface area (Å²) in [4.78, 5) is 37.5. The molecule has 0 aromatic rings. The van der Waals surface area contributed by atoms with E-state index in [4.69, 9.17) is 14.2 Å². The second kappa shape index (κ2) is 42.1. The van der Waals surface area contributed by atoms with Crippen LogP contribution in [0.4, 0.5) is 0 Å². The summed E-state index contributed by atoms with van der Waals surface area (Å²) in [6, 6.07) is 0. The summed E-state index contributed by atoms with van der Waals surface area (Å²) >= 11 is 0. The minimum atomic E-state index is -0.770. The van der Waals surface area contributed by atoms with Gasteiger partial charge in [-0.1, -0.05) is 185 Å². The molecule has 1 atom stereocenters. The molecule has 0 amide bonds. The van der Waals surface area contributed by atoms with Gasteiger partial charge in [0.15, 0.2) is 6.10 Å². The first-order valence-electron chi connectivity index (χ1n) is 22.1. The molecule has 0 aliphatic rings. The number of ether oxygens (including phenoxy) is 3. The highest BCUT2D eigenvalue weighted by Gasteiger charge is 2.19. The molecule has 0 radical (unpaired) electrons. The topological polar surface area (TPSA) is 78.9 Å². The summed E-state index contributed by atoms with van der Waals surface area (Å²) in [6.45, 7) is 6.44. The third-order valence-corrected chi connectivity index (χ3v) is 9.35. The van der Waals surface area contributed by atoms with Gasteiger partial charge in [-0.05, 0) is 57.8 Å². The van der Waals surface area contributed by atoms with Crippen LogP contribution >= 0.6 is 0 Å². The largest absolute Gasteiger partial charge is 0.462 e. The maximum Gasteiger partial charge on any atom is 0.306 e. The van der Waals surface area contributed by atoms with Crippen LogP contribution < -0.4 is 0 Å². The number of hydrogen-bond donors (Lipinski definition) is 0. The summed E-state index contributed by atoms with van der Waals surface area (Å²) in [5.41, 5.74) is 0. The molecule has 0 N–H and O–H groups in total. The van der Waals surface area contributed by atoms with Gasteiger partial charge in [0.25, 0.3) is 0 Å². The van der Waals surface area contributed by atoms with Gasteiger partial charge in [0.05, 0.1) is 0 Å². The van der Waals surface area contributed by atoms with Gasteiger partial charge in [0.2, 0.25) is 0 Å². The summed E-state index contributed by atoms with van der Waals surface area (Å²) < 4.78 is 16.6. The van der Waals surface area contributed by atoms with Crippen molar-refractivity contribution in [3.05, 3.63) is 48.6 Å². The molecule has 0 fully saturated rings. The molecule has 0 rings (SSSR count). The van der Waals surface area contributed by atoms with Crippen molar-refractivity contribution >= 4 is 17.9 Å². The predicted octanol–water partition coefficient (Wildman–Crippen LogP) is 14.0. The highest BCUT2D eigenvalue weighted by atomic mass is 16.6. The fourth-order valence-electron chi connectivity index (χ4n) is 6.02. The van der Waals surface area contributed by atoms with Crippen molar-refractivity contribution in [1.29, 1.82) is 0 Å². The molecule has 0 bridgehead atoms. The number of carbonyl (C=O) groups excluding carboxylic acids is 3. The van der Waals surface area contributed by atoms with E-state index < -0.39 is 6.10 Å². The predicted molar refractivity (Wildman–Crippen MR) is 224 cm³/mol. The lowest BCUT2D eigenvalue weighted by molar-refractivity contribution is -0.167. The molecule has 6 nitrogen and oxygen atoms in total. The van der Waals surface area contributed by atoms with E-state index in [2.05, 4.69) is 69.4 Å². The minimum absolute atomic E-state index is 0.0764. The summed E-state index contributed by atoms with van der Waals surface area (Å²) in [6.07, 6.45) is 48.2. The molecule has 6 heteroatoms. The zero-order chi connectivity index (χ0) is 38.7. The van der Waals surface area contributed by atoms with Crippen LogP contribution in [0.25, 0.3) is 0 Å². The van der Waals surface area contributed by atoms with E-state index in [1.807, 2.05) is 0 Å². The standard InChI is InChI=1S/C47H82O6/c1-4-7-10-13-16-18-19-20-21-22-23-24-25-26-27-29-31-34-37-40-46(49)52-43-44(42-51-45(48)39-36-33-30-15-12-9-6-3)53-47(50)41-38-35-32-28-17-14-11-8-5-2/h7,10,16,18,20-21,23-24,44H,4-6,8-9,11-15,17,19,22,25-43H2,1-3H3/b10-7-,18-16-,21-20-,24-23-. The van der Waals surface area contributed by atoms with E-state index in [1.54, 1.807) is 0 Å². The molecule has 0 saturated carbocycles. The second-order valence-electron chi connectivity index (χ2n) is 14.6. The van der Waals surface area contributed by atoms with Gasteiger partial charge in [-0.3, -0.25) is 14.4 Å². The molecular formula is C47H82O6.